The number of hydroxylamine groups is 2. The van der Waals surface area contributed by atoms with Gasteiger partial charge in [-0.1, -0.05) is 25.1 Å². The summed E-state index contributed by atoms with van der Waals surface area (Å²) in [6.07, 6.45) is -6.44. The molecule has 27 heavy (non-hydrogen) atoms. The second-order valence-corrected chi connectivity index (χ2v) is 6.74. The summed E-state index contributed by atoms with van der Waals surface area (Å²) in [5.74, 6) is -1.57. The highest BCUT2D eigenvalue weighted by Gasteiger charge is 2.66. The van der Waals surface area contributed by atoms with Gasteiger partial charge in [0.1, 0.15) is 18.3 Å². The summed E-state index contributed by atoms with van der Waals surface area (Å²) in [6, 6.07) is 7.44. The van der Waals surface area contributed by atoms with Crippen LogP contribution in [-0.2, 0) is 14.4 Å². The van der Waals surface area contributed by atoms with Crippen molar-refractivity contribution < 1.29 is 34.2 Å². The van der Waals surface area contributed by atoms with Gasteiger partial charge in [0, 0.05) is 5.56 Å². The molecule has 0 aliphatic carbocycles. The molecule has 2 bridgehead atoms. The van der Waals surface area contributed by atoms with Crippen LogP contribution in [0.15, 0.2) is 30.3 Å². The standard InChI is InChI=1S/C17H19N3O7/c1-8-10-13-11(21)12(22)14(19(17(25)26-2)18(10)15(8)23)20(27-13)16(24)9-6-4-3-5-7-9/h3-8,10-14,21-22H,1-2H3/t8-,10?,11?,12?,13?,14?/m1/s1. The Kier molecular flexibility index (Phi) is 4.06. The van der Waals surface area contributed by atoms with Gasteiger partial charge >= 0.3 is 6.09 Å². The van der Waals surface area contributed by atoms with E-state index in [0.717, 1.165) is 22.2 Å². The topological polar surface area (TPSA) is 120 Å². The molecular weight excluding hydrogens is 358 g/mol. The van der Waals surface area contributed by atoms with Crippen molar-refractivity contribution in [3.05, 3.63) is 35.9 Å². The smallest absolute Gasteiger partial charge is 0.430 e. The second kappa shape index (κ2) is 6.19. The number of methoxy groups -OCH3 is 1. The van der Waals surface area contributed by atoms with Crippen LogP contribution in [0.2, 0.25) is 0 Å². The van der Waals surface area contributed by atoms with Gasteiger partial charge in [-0.05, 0) is 12.1 Å². The third-order valence-corrected chi connectivity index (χ3v) is 5.28. The molecule has 0 saturated carbocycles. The minimum absolute atomic E-state index is 0.262. The van der Waals surface area contributed by atoms with E-state index in [9.17, 15) is 24.6 Å². The van der Waals surface area contributed by atoms with Crippen molar-refractivity contribution in [2.24, 2.45) is 5.92 Å². The Hall–Kier alpha value is -2.69. The molecule has 0 spiro atoms. The first-order valence-electron chi connectivity index (χ1n) is 8.50. The normalized spacial score (nSPS) is 34.7. The van der Waals surface area contributed by atoms with Crippen molar-refractivity contribution in [3.63, 3.8) is 0 Å². The predicted octanol–water partition coefficient (Wildman–Crippen LogP) is -0.666. The lowest BCUT2D eigenvalue weighted by atomic mass is 9.84. The van der Waals surface area contributed by atoms with Crippen molar-refractivity contribution >= 4 is 17.9 Å². The highest BCUT2D eigenvalue weighted by molar-refractivity contribution is 5.94. The number of amides is 3. The van der Waals surface area contributed by atoms with Gasteiger partial charge in [-0.25, -0.2) is 9.80 Å². The molecule has 5 unspecified atom stereocenters. The van der Waals surface area contributed by atoms with Crippen LogP contribution in [0.1, 0.15) is 17.3 Å². The average molecular weight is 377 g/mol. The summed E-state index contributed by atoms with van der Waals surface area (Å²) in [4.78, 5) is 43.5. The Morgan fingerprint density at radius 2 is 1.81 bits per heavy atom. The van der Waals surface area contributed by atoms with E-state index in [4.69, 9.17) is 9.57 Å². The van der Waals surface area contributed by atoms with E-state index in [1.165, 1.54) is 0 Å². The summed E-state index contributed by atoms with van der Waals surface area (Å²) in [5.41, 5.74) is 0.262. The highest BCUT2D eigenvalue weighted by Crippen LogP contribution is 2.43. The van der Waals surface area contributed by atoms with Gasteiger partial charge in [-0.15, -0.1) is 0 Å². The molecule has 4 fully saturated rings. The molecule has 4 aliphatic heterocycles. The molecule has 144 valence electrons. The number of hydrogen-bond acceptors (Lipinski definition) is 7. The van der Waals surface area contributed by atoms with Crippen LogP contribution < -0.4 is 0 Å². The minimum Gasteiger partial charge on any atom is -0.451 e. The number of hydrazine groups is 1. The van der Waals surface area contributed by atoms with Crippen LogP contribution in [0.4, 0.5) is 4.79 Å². The zero-order valence-electron chi connectivity index (χ0n) is 14.6. The molecule has 10 heteroatoms. The fraction of sp³-hybridized carbons (Fsp3) is 0.471. The molecule has 10 nitrogen and oxygen atoms in total. The van der Waals surface area contributed by atoms with Gasteiger partial charge in [0.05, 0.1) is 19.1 Å². The summed E-state index contributed by atoms with van der Waals surface area (Å²) in [5, 5.41) is 23.9. The Balaban J connectivity index is 1.81. The summed E-state index contributed by atoms with van der Waals surface area (Å²) < 4.78 is 4.76. The first kappa shape index (κ1) is 17.7. The van der Waals surface area contributed by atoms with Crippen molar-refractivity contribution in [1.82, 2.24) is 15.1 Å². The summed E-state index contributed by atoms with van der Waals surface area (Å²) in [7, 11) is 1.12. The first-order valence-corrected chi connectivity index (χ1v) is 8.50. The van der Waals surface area contributed by atoms with E-state index >= 15 is 0 Å². The lowest BCUT2D eigenvalue weighted by Gasteiger charge is -2.49. The Bertz CT molecular complexity index is 788. The number of rotatable bonds is 1. The van der Waals surface area contributed by atoms with Crippen LogP contribution in [-0.4, -0.2) is 80.8 Å². The van der Waals surface area contributed by atoms with Crippen molar-refractivity contribution in [2.45, 2.75) is 37.4 Å². The van der Waals surface area contributed by atoms with E-state index in [1.54, 1.807) is 37.3 Å². The first-order chi connectivity index (χ1) is 12.9. The molecule has 5 rings (SSSR count). The molecule has 3 amide bonds. The fourth-order valence-electron chi connectivity index (χ4n) is 3.87. The molecule has 0 aromatic heterocycles. The maximum atomic E-state index is 13.0. The van der Waals surface area contributed by atoms with Crippen molar-refractivity contribution in [2.75, 3.05) is 7.11 Å². The van der Waals surface area contributed by atoms with Crippen molar-refractivity contribution in [3.8, 4) is 0 Å². The van der Waals surface area contributed by atoms with E-state index < -0.39 is 48.4 Å². The van der Waals surface area contributed by atoms with Gasteiger partial charge in [-0.2, -0.15) is 10.1 Å². The molecule has 4 aliphatic rings. The molecule has 1 aromatic carbocycles. The monoisotopic (exact) mass is 377 g/mol. The summed E-state index contributed by atoms with van der Waals surface area (Å²) >= 11 is 0. The number of aliphatic hydroxyl groups is 2. The van der Waals surface area contributed by atoms with Gasteiger partial charge in [-0.3, -0.25) is 14.4 Å². The number of aliphatic hydroxyl groups excluding tert-OH is 2. The van der Waals surface area contributed by atoms with Crippen LogP contribution in [0.25, 0.3) is 0 Å². The third-order valence-electron chi connectivity index (χ3n) is 5.28. The van der Waals surface area contributed by atoms with Crippen LogP contribution >= 0.6 is 0 Å². The largest absolute Gasteiger partial charge is 0.451 e. The van der Waals surface area contributed by atoms with E-state index in [0.29, 0.717) is 0 Å². The molecule has 1 aromatic rings. The van der Waals surface area contributed by atoms with Crippen molar-refractivity contribution in [1.29, 1.82) is 0 Å². The summed E-state index contributed by atoms with van der Waals surface area (Å²) in [6.45, 7) is 1.63. The molecule has 2 N–H and O–H groups in total. The molecule has 6 atom stereocenters. The van der Waals surface area contributed by atoms with E-state index in [1.807, 2.05) is 0 Å². The SMILES string of the molecule is COC(=O)N1C2C(O)C(O)C(ON2C(=O)c2ccccc2)C2[C@@H](C)C(=O)N21. The van der Waals surface area contributed by atoms with Gasteiger partial charge in [0.15, 0.2) is 6.17 Å². The van der Waals surface area contributed by atoms with Crippen LogP contribution in [0.3, 0.4) is 0 Å². The molecule has 0 radical (unpaired) electrons. The number of β-lactam (4-membered cyclic amide) rings is 1. The Labute approximate surface area is 154 Å². The van der Waals surface area contributed by atoms with Crippen LogP contribution in [0.5, 0.6) is 0 Å². The third kappa shape index (κ3) is 2.34. The Morgan fingerprint density at radius 1 is 1.15 bits per heavy atom. The Morgan fingerprint density at radius 3 is 2.44 bits per heavy atom. The van der Waals surface area contributed by atoms with E-state index in [2.05, 4.69) is 0 Å². The zero-order chi connectivity index (χ0) is 19.5. The number of benzene rings is 1. The van der Waals surface area contributed by atoms with E-state index in [-0.39, 0.29) is 11.5 Å². The number of ether oxygens (including phenoxy) is 1. The number of carbonyl (C=O) groups is 3. The van der Waals surface area contributed by atoms with Gasteiger partial charge in [0.25, 0.3) is 5.91 Å². The second-order valence-electron chi connectivity index (χ2n) is 6.74. The number of hydrogen-bond donors (Lipinski definition) is 2. The lowest BCUT2D eigenvalue weighted by Crippen LogP contribution is -2.70. The number of fused-ring (bicyclic) bond motifs is 2. The highest BCUT2D eigenvalue weighted by atomic mass is 16.7. The van der Waals surface area contributed by atoms with Gasteiger partial charge in [0.2, 0.25) is 5.91 Å². The van der Waals surface area contributed by atoms with Gasteiger partial charge < -0.3 is 14.9 Å². The predicted molar refractivity (Wildman–Crippen MR) is 87.3 cm³/mol. The quantitative estimate of drug-likeness (QED) is 0.623. The lowest BCUT2D eigenvalue weighted by molar-refractivity contribution is -0.289. The number of carbonyl (C=O) groups excluding carboxylic acids is 3. The average Bonchev–Trinajstić information content (AvgIpc) is 2.89. The molecular formula is C17H19N3O7. The number of nitrogens with zero attached hydrogens (tertiary/aromatic N) is 3. The molecule has 4 saturated heterocycles. The maximum absolute atomic E-state index is 13.0. The maximum Gasteiger partial charge on any atom is 0.430 e. The van der Waals surface area contributed by atoms with Crippen LogP contribution in [0, 0.1) is 5.92 Å². The zero-order valence-corrected chi connectivity index (χ0v) is 14.6. The molecule has 4 heterocycles. The fourth-order valence-corrected chi connectivity index (χ4v) is 3.87. The minimum atomic E-state index is -1.55.